The average Bonchev–Trinajstić information content (AvgIpc) is 2.62. The SMILES string of the molecule is COCC(CNc1c([N+](=O)[O-])nc(C)n1C)OC. The zero-order valence-corrected chi connectivity index (χ0v) is 11.0. The van der Waals surface area contributed by atoms with E-state index < -0.39 is 4.92 Å². The van der Waals surface area contributed by atoms with Gasteiger partial charge in [-0.3, -0.25) is 4.57 Å². The van der Waals surface area contributed by atoms with Crippen molar-refractivity contribution in [2.75, 3.05) is 32.7 Å². The van der Waals surface area contributed by atoms with Crippen LogP contribution in [0, 0.1) is 17.0 Å². The van der Waals surface area contributed by atoms with Crippen LogP contribution < -0.4 is 5.32 Å². The first-order valence-corrected chi connectivity index (χ1v) is 5.44. The molecule has 0 radical (unpaired) electrons. The molecule has 8 nitrogen and oxygen atoms in total. The molecule has 0 amide bonds. The van der Waals surface area contributed by atoms with Gasteiger partial charge < -0.3 is 24.9 Å². The fourth-order valence-corrected chi connectivity index (χ4v) is 1.52. The van der Waals surface area contributed by atoms with Gasteiger partial charge in [0.05, 0.1) is 12.7 Å². The summed E-state index contributed by atoms with van der Waals surface area (Å²) < 4.78 is 11.8. The van der Waals surface area contributed by atoms with Gasteiger partial charge in [-0.25, -0.2) is 0 Å². The number of aromatic nitrogens is 2. The minimum atomic E-state index is -0.506. The molecule has 1 N–H and O–H groups in total. The molecule has 1 aromatic rings. The number of hydrogen-bond donors (Lipinski definition) is 1. The van der Waals surface area contributed by atoms with Crippen LogP contribution in [-0.2, 0) is 16.5 Å². The Hall–Kier alpha value is -1.67. The first kappa shape index (κ1) is 14.4. The Kier molecular flexibility index (Phi) is 5.05. The summed E-state index contributed by atoms with van der Waals surface area (Å²) in [4.78, 5) is 14.2. The molecule has 0 spiro atoms. The predicted octanol–water partition coefficient (Wildman–Crippen LogP) is 0.710. The molecule has 0 saturated heterocycles. The number of aryl methyl sites for hydroxylation is 1. The molecule has 0 saturated carbocycles. The van der Waals surface area contributed by atoms with E-state index in [4.69, 9.17) is 9.47 Å². The second kappa shape index (κ2) is 6.31. The van der Waals surface area contributed by atoms with Gasteiger partial charge in [0.15, 0.2) is 0 Å². The van der Waals surface area contributed by atoms with E-state index in [1.807, 2.05) is 0 Å². The van der Waals surface area contributed by atoms with Crippen molar-refractivity contribution in [3.63, 3.8) is 0 Å². The maximum atomic E-state index is 10.9. The molecule has 18 heavy (non-hydrogen) atoms. The Morgan fingerprint density at radius 1 is 1.56 bits per heavy atom. The number of imidazole rings is 1. The highest BCUT2D eigenvalue weighted by molar-refractivity contribution is 5.53. The maximum absolute atomic E-state index is 10.9. The number of hydrogen-bond acceptors (Lipinski definition) is 6. The van der Waals surface area contributed by atoms with E-state index in [0.717, 1.165) is 0 Å². The lowest BCUT2D eigenvalue weighted by atomic mass is 10.3. The lowest BCUT2D eigenvalue weighted by Crippen LogP contribution is -2.27. The zero-order valence-electron chi connectivity index (χ0n) is 11.0. The molecule has 0 aromatic carbocycles. The van der Waals surface area contributed by atoms with Crippen molar-refractivity contribution >= 4 is 11.6 Å². The Bertz CT molecular complexity index is 418. The second-order valence-corrected chi connectivity index (χ2v) is 3.84. The number of anilines is 1. The summed E-state index contributed by atoms with van der Waals surface area (Å²) in [5.74, 6) is 0.767. The van der Waals surface area contributed by atoms with Gasteiger partial charge in [0.2, 0.25) is 11.6 Å². The Morgan fingerprint density at radius 3 is 2.72 bits per heavy atom. The molecule has 1 atom stereocenters. The summed E-state index contributed by atoms with van der Waals surface area (Å²) in [7, 11) is 4.85. The van der Waals surface area contributed by atoms with E-state index in [9.17, 15) is 10.1 Å². The molecule has 1 unspecified atom stereocenters. The highest BCUT2D eigenvalue weighted by atomic mass is 16.6. The van der Waals surface area contributed by atoms with Crippen molar-refractivity contribution in [1.29, 1.82) is 0 Å². The van der Waals surface area contributed by atoms with Crippen molar-refractivity contribution in [1.82, 2.24) is 9.55 Å². The largest absolute Gasteiger partial charge is 0.406 e. The normalized spacial score (nSPS) is 12.4. The van der Waals surface area contributed by atoms with Crippen LogP contribution in [-0.4, -0.2) is 47.9 Å². The summed E-state index contributed by atoms with van der Waals surface area (Å²) in [6.07, 6.45) is -0.176. The van der Waals surface area contributed by atoms with Gasteiger partial charge in [-0.15, -0.1) is 0 Å². The quantitative estimate of drug-likeness (QED) is 0.572. The fraction of sp³-hybridized carbons (Fsp3) is 0.700. The Balaban J connectivity index is 2.80. The number of rotatable bonds is 7. The molecular formula is C10H18N4O4. The van der Waals surface area contributed by atoms with Gasteiger partial charge >= 0.3 is 5.82 Å². The molecule has 0 aliphatic rings. The van der Waals surface area contributed by atoms with Crippen LogP contribution in [0.5, 0.6) is 0 Å². The molecule has 102 valence electrons. The van der Waals surface area contributed by atoms with E-state index in [-0.39, 0.29) is 11.9 Å². The van der Waals surface area contributed by atoms with Crippen LogP contribution in [0.15, 0.2) is 0 Å². The minimum Gasteiger partial charge on any atom is -0.382 e. The van der Waals surface area contributed by atoms with Crippen LogP contribution in [0.3, 0.4) is 0 Å². The molecule has 1 heterocycles. The van der Waals surface area contributed by atoms with Gasteiger partial charge in [0, 0.05) is 34.7 Å². The summed E-state index contributed by atoms with van der Waals surface area (Å²) in [6.45, 7) is 2.53. The van der Waals surface area contributed by atoms with Gasteiger partial charge in [0.25, 0.3) is 0 Å². The van der Waals surface area contributed by atoms with Crippen molar-refractivity contribution in [3.8, 4) is 0 Å². The van der Waals surface area contributed by atoms with Gasteiger partial charge in [-0.05, 0) is 9.91 Å². The summed E-state index contributed by atoms with van der Waals surface area (Å²) in [5, 5.41) is 13.8. The Labute approximate surface area is 105 Å². The number of nitro groups is 1. The van der Waals surface area contributed by atoms with Crippen LogP contribution in [0.25, 0.3) is 0 Å². The molecule has 0 bridgehead atoms. The van der Waals surface area contributed by atoms with Crippen LogP contribution in [0.1, 0.15) is 5.82 Å². The van der Waals surface area contributed by atoms with Crippen molar-refractivity contribution < 1.29 is 14.4 Å². The maximum Gasteiger partial charge on any atom is 0.406 e. The third kappa shape index (κ3) is 3.17. The molecule has 1 rings (SSSR count). The smallest absolute Gasteiger partial charge is 0.382 e. The van der Waals surface area contributed by atoms with Gasteiger partial charge in [-0.2, -0.15) is 0 Å². The van der Waals surface area contributed by atoms with Crippen LogP contribution >= 0.6 is 0 Å². The van der Waals surface area contributed by atoms with E-state index in [2.05, 4.69) is 10.3 Å². The van der Waals surface area contributed by atoms with E-state index in [0.29, 0.717) is 24.8 Å². The van der Waals surface area contributed by atoms with Crippen molar-refractivity contribution in [2.45, 2.75) is 13.0 Å². The molecule has 0 fully saturated rings. The molecule has 0 aliphatic carbocycles. The third-order valence-corrected chi connectivity index (χ3v) is 2.66. The first-order valence-electron chi connectivity index (χ1n) is 5.44. The topological polar surface area (TPSA) is 91.5 Å². The average molecular weight is 258 g/mol. The lowest BCUT2D eigenvalue weighted by Gasteiger charge is -2.15. The number of nitrogens with one attached hydrogen (secondary N) is 1. The lowest BCUT2D eigenvalue weighted by molar-refractivity contribution is -0.388. The Morgan fingerprint density at radius 2 is 2.22 bits per heavy atom. The van der Waals surface area contributed by atoms with Gasteiger partial charge in [-0.1, -0.05) is 0 Å². The molecule has 8 heteroatoms. The first-order chi connectivity index (χ1) is 8.51. The summed E-state index contributed by atoms with van der Waals surface area (Å²) in [6, 6.07) is 0. The fourth-order valence-electron chi connectivity index (χ4n) is 1.52. The van der Waals surface area contributed by atoms with Crippen LogP contribution in [0.2, 0.25) is 0 Å². The summed E-state index contributed by atoms with van der Waals surface area (Å²) in [5.41, 5.74) is 0. The summed E-state index contributed by atoms with van der Waals surface area (Å²) >= 11 is 0. The third-order valence-electron chi connectivity index (χ3n) is 2.66. The molecule has 0 aliphatic heterocycles. The van der Waals surface area contributed by atoms with Crippen LogP contribution in [0.4, 0.5) is 11.6 Å². The second-order valence-electron chi connectivity index (χ2n) is 3.84. The number of ether oxygens (including phenoxy) is 2. The minimum absolute atomic E-state index is 0.176. The van der Waals surface area contributed by atoms with E-state index in [1.54, 1.807) is 32.8 Å². The van der Waals surface area contributed by atoms with E-state index in [1.165, 1.54) is 0 Å². The number of nitrogens with zero attached hydrogens (tertiary/aromatic N) is 3. The highest BCUT2D eigenvalue weighted by Gasteiger charge is 2.23. The molecule has 1 aromatic heterocycles. The molecular weight excluding hydrogens is 240 g/mol. The highest BCUT2D eigenvalue weighted by Crippen LogP contribution is 2.23. The predicted molar refractivity (Wildman–Crippen MR) is 65.8 cm³/mol. The van der Waals surface area contributed by atoms with Crippen molar-refractivity contribution in [2.24, 2.45) is 7.05 Å². The van der Waals surface area contributed by atoms with Crippen molar-refractivity contribution in [3.05, 3.63) is 15.9 Å². The zero-order chi connectivity index (χ0) is 13.7. The monoisotopic (exact) mass is 258 g/mol. The standard InChI is InChI=1S/C10H18N4O4/c1-7-12-10(14(15)16)9(13(7)2)11-5-8(18-4)6-17-3/h8,11H,5-6H2,1-4H3. The van der Waals surface area contributed by atoms with Gasteiger partial charge in [0.1, 0.15) is 0 Å². The number of methoxy groups -OCH3 is 2. The van der Waals surface area contributed by atoms with E-state index >= 15 is 0 Å².